The Bertz CT molecular complexity index is 441. The fourth-order valence-electron chi connectivity index (χ4n) is 2.37. The normalized spacial score (nSPS) is 14.0. The van der Waals surface area contributed by atoms with Crippen molar-refractivity contribution in [2.45, 2.75) is 45.7 Å². The Morgan fingerprint density at radius 3 is 2.57 bits per heavy atom. The molecule has 1 N–H and O–H groups in total. The number of hydrogen-bond donors (Lipinski definition) is 1. The molecule has 0 aliphatic heterocycles. The molecule has 2 rings (SSSR count). The predicted molar refractivity (Wildman–Crippen MR) is 84.3 cm³/mol. The summed E-state index contributed by atoms with van der Waals surface area (Å²) in [6, 6.07) is 8.41. The second-order valence-electron chi connectivity index (χ2n) is 5.52. The number of likely N-dealkylation sites (N-methyl/N-ethyl adjacent to an activating group) is 1. The van der Waals surface area contributed by atoms with Crippen LogP contribution in [0.25, 0.3) is 0 Å². The number of carbonyl (C=O) groups excluding carboxylic acids is 1. The number of nitrogens with one attached hydrogen (secondary N) is 1. The summed E-state index contributed by atoms with van der Waals surface area (Å²) in [5.74, 6) is 0.850. The minimum Gasteiger partial charge on any atom is -0.484 e. The van der Waals surface area contributed by atoms with Gasteiger partial charge < -0.3 is 15.0 Å². The van der Waals surface area contributed by atoms with Gasteiger partial charge >= 0.3 is 0 Å². The average molecular weight is 290 g/mol. The van der Waals surface area contributed by atoms with E-state index >= 15 is 0 Å². The molecule has 0 radical (unpaired) electrons. The van der Waals surface area contributed by atoms with Crippen LogP contribution in [0, 0.1) is 0 Å². The van der Waals surface area contributed by atoms with Crippen molar-refractivity contribution in [2.75, 3.05) is 19.7 Å². The van der Waals surface area contributed by atoms with Crippen LogP contribution in [0.2, 0.25) is 0 Å². The molecule has 116 valence electrons. The van der Waals surface area contributed by atoms with E-state index in [1.807, 2.05) is 36.1 Å². The Kier molecular flexibility index (Phi) is 6.05. The molecule has 0 atom stereocenters. The molecule has 0 saturated heterocycles. The minimum absolute atomic E-state index is 0.0914. The van der Waals surface area contributed by atoms with Crippen molar-refractivity contribution in [3.05, 3.63) is 29.8 Å². The number of amides is 1. The number of hydrogen-bond acceptors (Lipinski definition) is 3. The minimum atomic E-state index is 0.0914. The Morgan fingerprint density at radius 2 is 2.00 bits per heavy atom. The molecule has 4 heteroatoms. The molecule has 1 aromatic rings. The van der Waals surface area contributed by atoms with E-state index in [0.29, 0.717) is 6.04 Å². The monoisotopic (exact) mass is 290 g/mol. The summed E-state index contributed by atoms with van der Waals surface area (Å²) in [7, 11) is 0. The highest BCUT2D eigenvalue weighted by molar-refractivity contribution is 5.78. The second-order valence-corrected chi connectivity index (χ2v) is 5.52. The zero-order valence-corrected chi connectivity index (χ0v) is 13.1. The Hall–Kier alpha value is -1.55. The molecule has 1 amide bonds. The summed E-state index contributed by atoms with van der Waals surface area (Å²) in [4.78, 5) is 14.0. The third-order valence-corrected chi connectivity index (χ3v) is 3.69. The van der Waals surface area contributed by atoms with Crippen LogP contribution in [0.1, 0.15) is 38.7 Å². The molecule has 0 heterocycles. The highest BCUT2D eigenvalue weighted by Gasteiger charge is 2.31. The number of benzene rings is 1. The molecule has 0 spiro atoms. The average Bonchev–Trinajstić information content (AvgIpc) is 3.32. The van der Waals surface area contributed by atoms with Gasteiger partial charge in [0.05, 0.1) is 0 Å². The van der Waals surface area contributed by atoms with E-state index < -0.39 is 0 Å². The highest BCUT2D eigenvalue weighted by Crippen LogP contribution is 2.26. The molecule has 1 fully saturated rings. The fraction of sp³-hybridized carbons (Fsp3) is 0.588. The van der Waals surface area contributed by atoms with Gasteiger partial charge in [-0.3, -0.25) is 4.79 Å². The number of rotatable bonds is 9. The lowest BCUT2D eigenvalue weighted by atomic mass is 10.2. The molecule has 1 saturated carbocycles. The maximum absolute atomic E-state index is 12.1. The quantitative estimate of drug-likeness (QED) is 0.711. The van der Waals surface area contributed by atoms with E-state index in [4.69, 9.17) is 4.74 Å². The van der Waals surface area contributed by atoms with Crippen molar-refractivity contribution in [3.8, 4) is 5.75 Å². The standard InChI is InChI=1S/C17H26N2O2/c1-3-11-18-12-14-5-9-16(10-6-14)21-13-17(20)19(4-2)15-7-8-15/h5-6,9-10,15,18H,3-4,7-8,11-13H2,1-2H3. The summed E-state index contributed by atoms with van der Waals surface area (Å²) in [5, 5.41) is 3.36. The zero-order valence-electron chi connectivity index (χ0n) is 13.1. The Morgan fingerprint density at radius 1 is 1.29 bits per heavy atom. The molecular formula is C17H26N2O2. The van der Waals surface area contributed by atoms with Gasteiger partial charge in [0.25, 0.3) is 5.91 Å². The Balaban J connectivity index is 1.76. The first-order valence-corrected chi connectivity index (χ1v) is 7.96. The Labute approximate surface area is 127 Å². The molecule has 21 heavy (non-hydrogen) atoms. The maximum Gasteiger partial charge on any atom is 0.260 e. The van der Waals surface area contributed by atoms with E-state index in [0.717, 1.165) is 44.6 Å². The van der Waals surface area contributed by atoms with E-state index in [1.54, 1.807) is 0 Å². The molecule has 1 aliphatic carbocycles. The van der Waals surface area contributed by atoms with Crippen LogP contribution >= 0.6 is 0 Å². The van der Waals surface area contributed by atoms with E-state index in [9.17, 15) is 4.79 Å². The zero-order chi connectivity index (χ0) is 15.1. The second kappa shape index (κ2) is 8.03. The molecule has 0 bridgehead atoms. The van der Waals surface area contributed by atoms with Gasteiger partial charge in [-0.15, -0.1) is 0 Å². The SMILES string of the molecule is CCCNCc1ccc(OCC(=O)N(CC)C2CC2)cc1. The van der Waals surface area contributed by atoms with Crippen LogP contribution in [0.5, 0.6) is 5.75 Å². The van der Waals surface area contributed by atoms with Crippen LogP contribution in [-0.2, 0) is 11.3 Å². The molecule has 0 aromatic heterocycles. The highest BCUT2D eigenvalue weighted by atomic mass is 16.5. The topological polar surface area (TPSA) is 41.6 Å². The van der Waals surface area contributed by atoms with E-state index in [-0.39, 0.29) is 12.5 Å². The van der Waals surface area contributed by atoms with Crippen LogP contribution < -0.4 is 10.1 Å². The van der Waals surface area contributed by atoms with Gasteiger partial charge in [0.15, 0.2) is 6.61 Å². The smallest absolute Gasteiger partial charge is 0.260 e. The molecular weight excluding hydrogens is 264 g/mol. The van der Waals surface area contributed by atoms with Crippen molar-refractivity contribution in [1.82, 2.24) is 10.2 Å². The van der Waals surface area contributed by atoms with Crippen LogP contribution in [0.3, 0.4) is 0 Å². The van der Waals surface area contributed by atoms with Gasteiger partial charge in [0, 0.05) is 19.1 Å². The first kappa shape index (κ1) is 15.8. The fourth-order valence-corrected chi connectivity index (χ4v) is 2.37. The van der Waals surface area contributed by atoms with Crippen molar-refractivity contribution in [3.63, 3.8) is 0 Å². The first-order valence-electron chi connectivity index (χ1n) is 7.96. The van der Waals surface area contributed by atoms with Crippen LogP contribution in [0.15, 0.2) is 24.3 Å². The lowest BCUT2D eigenvalue weighted by Crippen LogP contribution is -2.36. The van der Waals surface area contributed by atoms with Gasteiger partial charge in [-0.1, -0.05) is 19.1 Å². The summed E-state index contributed by atoms with van der Waals surface area (Å²) in [6.07, 6.45) is 3.41. The predicted octanol–water partition coefficient (Wildman–Crippen LogP) is 2.58. The van der Waals surface area contributed by atoms with Crippen LogP contribution in [0.4, 0.5) is 0 Å². The van der Waals surface area contributed by atoms with Gasteiger partial charge in [0.2, 0.25) is 0 Å². The third kappa shape index (κ3) is 5.05. The van der Waals surface area contributed by atoms with Gasteiger partial charge in [-0.2, -0.15) is 0 Å². The number of carbonyl (C=O) groups is 1. The van der Waals surface area contributed by atoms with Crippen molar-refractivity contribution in [2.24, 2.45) is 0 Å². The van der Waals surface area contributed by atoms with E-state index in [2.05, 4.69) is 12.2 Å². The molecule has 0 unspecified atom stereocenters. The van der Waals surface area contributed by atoms with Crippen molar-refractivity contribution in [1.29, 1.82) is 0 Å². The van der Waals surface area contributed by atoms with E-state index in [1.165, 1.54) is 5.56 Å². The van der Waals surface area contributed by atoms with Crippen molar-refractivity contribution >= 4 is 5.91 Å². The lowest BCUT2D eigenvalue weighted by molar-refractivity contribution is -0.133. The molecule has 1 aliphatic rings. The first-order chi connectivity index (χ1) is 10.2. The summed E-state index contributed by atoms with van der Waals surface area (Å²) in [6.45, 7) is 6.99. The van der Waals surface area contributed by atoms with Gasteiger partial charge in [-0.25, -0.2) is 0 Å². The van der Waals surface area contributed by atoms with Gasteiger partial charge in [0.1, 0.15) is 5.75 Å². The van der Waals surface area contributed by atoms with Crippen molar-refractivity contribution < 1.29 is 9.53 Å². The third-order valence-electron chi connectivity index (χ3n) is 3.69. The maximum atomic E-state index is 12.1. The van der Waals surface area contributed by atoms with Crippen LogP contribution in [-0.4, -0.2) is 36.5 Å². The number of nitrogens with zero attached hydrogens (tertiary/aromatic N) is 1. The lowest BCUT2D eigenvalue weighted by Gasteiger charge is -2.20. The summed E-state index contributed by atoms with van der Waals surface area (Å²) >= 11 is 0. The summed E-state index contributed by atoms with van der Waals surface area (Å²) in [5.41, 5.74) is 1.23. The van der Waals surface area contributed by atoms with Gasteiger partial charge in [-0.05, 0) is 50.4 Å². The summed E-state index contributed by atoms with van der Waals surface area (Å²) < 4.78 is 5.60. The number of ether oxygens (including phenoxy) is 1. The largest absolute Gasteiger partial charge is 0.484 e. The molecule has 1 aromatic carbocycles. The molecule has 4 nitrogen and oxygen atoms in total.